The van der Waals surface area contributed by atoms with Gasteiger partial charge in [0.2, 0.25) is 0 Å². The van der Waals surface area contributed by atoms with Gasteiger partial charge in [0, 0.05) is 12.4 Å². The highest BCUT2D eigenvalue weighted by molar-refractivity contribution is 5.46. The smallest absolute Gasteiger partial charge is 0.323 e. The molecule has 0 aliphatic heterocycles. The van der Waals surface area contributed by atoms with Crippen molar-refractivity contribution in [2.45, 2.75) is 12.4 Å². The van der Waals surface area contributed by atoms with Gasteiger partial charge in [0.05, 0.1) is 16.8 Å². The van der Waals surface area contributed by atoms with Gasteiger partial charge < -0.3 is 4.57 Å². The zero-order chi connectivity index (χ0) is 14.3. The Morgan fingerprint density at radius 3 is 1.84 bits per heavy atom. The maximum absolute atomic E-state index is 12.8. The number of alkyl halides is 6. The zero-order valence-electron chi connectivity index (χ0n) is 9.26. The van der Waals surface area contributed by atoms with Crippen molar-refractivity contribution in [3.8, 4) is 5.69 Å². The molecule has 2 rings (SSSR count). The van der Waals surface area contributed by atoms with Crippen molar-refractivity contribution >= 4 is 0 Å². The molecular weight excluding hydrogens is 272 g/mol. The van der Waals surface area contributed by atoms with Crippen molar-refractivity contribution in [2.24, 2.45) is 0 Å². The third kappa shape index (κ3) is 2.74. The minimum Gasteiger partial charge on any atom is -0.323 e. The monoisotopic (exact) mass is 279 g/mol. The molecule has 1 aromatic carbocycles. The molecule has 0 radical (unpaired) electrons. The van der Waals surface area contributed by atoms with E-state index in [2.05, 4.69) is 0 Å². The van der Waals surface area contributed by atoms with Crippen LogP contribution in [0.5, 0.6) is 0 Å². The Kier molecular flexibility index (Phi) is 3.07. The summed E-state index contributed by atoms with van der Waals surface area (Å²) in [6.07, 6.45) is -7.01. The van der Waals surface area contributed by atoms with Crippen LogP contribution in [-0.2, 0) is 12.4 Å². The van der Waals surface area contributed by atoms with Crippen LogP contribution in [0.15, 0.2) is 42.7 Å². The second-order valence-electron chi connectivity index (χ2n) is 3.82. The van der Waals surface area contributed by atoms with Crippen LogP contribution in [0.25, 0.3) is 5.69 Å². The first kappa shape index (κ1) is 13.5. The number of nitrogens with zero attached hydrogens (tertiary/aromatic N) is 1. The fraction of sp³-hybridized carbons (Fsp3) is 0.167. The van der Waals surface area contributed by atoms with Crippen molar-refractivity contribution in [3.63, 3.8) is 0 Å². The standard InChI is InChI=1S/C12H7F6N/c13-11(14,15)8-3-4-10(19-5-1-2-6-19)9(7-8)12(16,17)18/h1-7H. The highest BCUT2D eigenvalue weighted by Gasteiger charge is 2.38. The fourth-order valence-electron chi connectivity index (χ4n) is 1.66. The number of benzene rings is 1. The SMILES string of the molecule is FC(F)(F)c1ccc(-n2cccc2)c(C(F)(F)F)c1. The van der Waals surface area contributed by atoms with Gasteiger partial charge in [-0.05, 0) is 30.3 Å². The average Bonchev–Trinajstić information content (AvgIpc) is 2.79. The maximum atomic E-state index is 12.8. The van der Waals surface area contributed by atoms with Gasteiger partial charge in [-0.1, -0.05) is 0 Å². The minimum absolute atomic E-state index is 0.120. The number of hydrogen-bond acceptors (Lipinski definition) is 0. The first-order valence-corrected chi connectivity index (χ1v) is 5.11. The second kappa shape index (κ2) is 4.32. The van der Waals surface area contributed by atoms with E-state index in [0.717, 1.165) is 10.6 Å². The van der Waals surface area contributed by atoms with Crippen LogP contribution < -0.4 is 0 Å². The van der Waals surface area contributed by atoms with E-state index in [1.807, 2.05) is 0 Å². The zero-order valence-corrected chi connectivity index (χ0v) is 9.26. The molecule has 0 aliphatic carbocycles. The van der Waals surface area contributed by atoms with E-state index in [1.165, 1.54) is 24.5 Å². The quantitative estimate of drug-likeness (QED) is 0.677. The molecule has 0 atom stereocenters. The Morgan fingerprint density at radius 2 is 1.37 bits per heavy atom. The summed E-state index contributed by atoms with van der Waals surface area (Å²) in [7, 11) is 0. The lowest BCUT2D eigenvalue weighted by Gasteiger charge is -2.16. The molecule has 2 aromatic rings. The van der Waals surface area contributed by atoms with Crippen molar-refractivity contribution < 1.29 is 26.3 Å². The van der Waals surface area contributed by atoms with E-state index in [4.69, 9.17) is 0 Å². The van der Waals surface area contributed by atoms with Crippen LogP contribution in [0.3, 0.4) is 0 Å². The fourth-order valence-corrected chi connectivity index (χ4v) is 1.66. The van der Waals surface area contributed by atoms with Gasteiger partial charge >= 0.3 is 12.4 Å². The lowest BCUT2D eigenvalue weighted by atomic mass is 10.1. The largest absolute Gasteiger partial charge is 0.418 e. The summed E-state index contributed by atoms with van der Waals surface area (Å²) in [5.41, 5.74) is -2.99. The normalized spacial score (nSPS) is 12.7. The van der Waals surface area contributed by atoms with Gasteiger partial charge in [-0.15, -0.1) is 0 Å². The van der Waals surface area contributed by atoms with E-state index in [9.17, 15) is 26.3 Å². The van der Waals surface area contributed by atoms with Crippen molar-refractivity contribution in [2.75, 3.05) is 0 Å². The number of aromatic nitrogens is 1. The van der Waals surface area contributed by atoms with Crippen LogP contribution in [0, 0.1) is 0 Å². The molecule has 0 spiro atoms. The highest BCUT2D eigenvalue weighted by atomic mass is 19.4. The van der Waals surface area contributed by atoms with Crippen LogP contribution in [0.2, 0.25) is 0 Å². The third-order valence-electron chi connectivity index (χ3n) is 2.51. The van der Waals surface area contributed by atoms with Gasteiger partial charge in [0.1, 0.15) is 0 Å². The molecular formula is C12H7F6N. The van der Waals surface area contributed by atoms with E-state index in [0.29, 0.717) is 6.07 Å². The molecule has 0 saturated carbocycles. The number of halogens is 6. The van der Waals surface area contributed by atoms with E-state index in [1.54, 1.807) is 0 Å². The Morgan fingerprint density at radius 1 is 0.789 bits per heavy atom. The number of rotatable bonds is 1. The molecule has 19 heavy (non-hydrogen) atoms. The molecule has 0 bridgehead atoms. The predicted octanol–water partition coefficient (Wildman–Crippen LogP) is 4.51. The molecule has 0 unspecified atom stereocenters. The molecule has 0 N–H and O–H groups in total. The average molecular weight is 279 g/mol. The Labute approximate surface area is 104 Å². The van der Waals surface area contributed by atoms with Gasteiger partial charge in [-0.25, -0.2) is 0 Å². The third-order valence-corrected chi connectivity index (χ3v) is 2.51. The van der Waals surface area contributed by atoms with Gasteiger partial charge in [-0.3, -0.25) is 0 Å². The van der Waals surface area contributed by atoms with Gasteiger partial charge in [-0.2, -0.15) is 26.3 Å². The van der Waals surface area contributed by atoms with Crippen molar-refractivity contribution in [3.05, 3.63) is 53.9 Å². The minimum atomic E-state index is -4.86. The van der Waals surface area contributed by atoms with Crippen molar-refractivity contribution in [1.82, 2.24) is 4.57 Å². The molecule has 1 heterocycles. The summed E-state index contributed by atoms with van der Waals surface area (Å²) in [6.45, 7) is 0. The Hall–Kier alpha value is -1.92. The topological polar surface area (TPSA) is 4.93 Å². The summed E-state index contributed by atoms with van der Waals surface area (Å²) >= 11 is 0. The molecule has 102 valence electrons. The van der Waals surface area contributed by atoms with Crippen molar-refractivity contribution in [1.29, 1.82) is 0 Å². The summed E-state index contributed by atoms with van der Waals surface area (Å²) < 4.78 is 77.0. The van der Waals surface area contributed by atoms with Crippen LogP contribution in [-0.4, -0.2) is 4.57 Å². The van der Waals surface area contributed by atoms with E-state index in [-0.39, 0.29) is 11.8 Å². The maximum Gasteiger partial charge on any atom is 0.418 e. The summed E-state index contributed by atoms with van der Waals surface area (Å²) in [4.78, 5) is 0. The molecule has 0 aliphatic rings. The summed E-state index contributed by atoms with van der Waals surface area (Å²) in [5.74, 6) is 0. The van der Waals surface area contributed by atoms with E-state index >= 15 is 0 Å². The molecule has 7 heteroatoms. The molecule has 0 saturated heterocycles. The molecule has 0 fully saturated rings. The van der Waals surface area contributed by atoms with Crippen LogP contribution in [0.1, 0.15) is 11.1 Å². The lowest BCUT2D eigenvalue weighted by molar-refractivity contribution is -0.143. The molecule has 1 aromatic heterocycles. The van der Waals surface area contributed by atoms with Gasteiger partial charge in [0.15, 0.2) is 0 Å². The lowest BCUT2D eigenvalue weighted by Crippen LogP contribution is -2.14. The molecule has 0 amide bonds. The predicted molar refractivity (Wildman–Crippen MR) is 55.8 cm³/mol. The molecule has 1 nitrogen and oxygen atoms in total. The first-order valence-electron chi connectivity index (χ1n) is 5.11. The second-order valence-corrected chi connectivity index (χ2v) is 3.82. The highest BCUT2D eigenvalue weighted by Crippen LogP contribution is 2.38. The van der Waals surface area contributed by atoms with Gasteiger partial charge in [0.25, 0.3) is 0 Å². The van der Waals surface area contributed by atoms with E-state index < -0.39 is 23.5 Å². The van der Waals surface area contributed by atoms with Crippen LogP contribution in [0.4, 0.5) is 26.3 Å². The Balaban J connectivity index is 2.63. The van der Waals surface area contributed by atoms with Crippen LogP contribution >= 0.6 is 0 Å². The summed E-state index contributed by atoms with van der Waals surface area (Å²) in [5, 5.41) is 0. The number of hydrogen-bond donors (Lipinski definition) is 0. The summed E-state index contributed by atoms with van der Waals surface area (Å²) in [6, 6.07) is 4.53. The Bertz CT molecular complexity index is 565. The first-order chi connectivity index (χ1) is 8.69.